The largest absolute Gasteiger partial charge is 0.491 e. The molecule has 0 saturated heterocycles. The Balaban J connectivity index is 1.99. The molecule has 2 heteroatoms. The first kappa shape index (κ1) is 16.4. The number of hydrogen-bond donors (Lipinski definition) is 1. The first-order valence-electron chi connectivity index (χ1n) is 8.10. The number of nitrogens with one attached hydrogen (secondary N) is 1. The van der Waals surface area contributed by atoms with Crippen molar-refractivity contribution in [2.75, 3.05) is 11.9 Å². The maximum atomic E-state index is 5.88. The van der Waals surface area contributed by atoms with E-state index in [1.54, 1.807) is 0 Å². The van der Waals surface area contributed by atoms with Gasteiger partial charge in [-0.3, -0.25) is 0 Å². The third-order valence-corrected chi connectivity index (χ3v) is 3.59. The Morgan fingerprint density at radius 2 is 1.59 bits per heavy atom. The van der Waals surface area contributed by atoms with Gasteiger partial charge < -0.3 is 10.1 Å². The minimum absolute atomic E-state index is 0.525. The van der Waals surface area contributed by atoms with Gasteiger partial charge >= 0.3 is 0 Å². The van der Waals surface area contributed by atoms with E-state index in [1.165, 1.54) is 11.1 Å². The molecule has 0 aromatic heterocycles. The Labute approximate surface area is 134 Å². The van der Waals surface area contributed by atoms with E-state index in [9.17, 15) is 0 Å². The van der Waals surface area contributed by atoms with Crippen molar-refractivity contribution in [3.05, 3.63) is 59.7 Å². The summed E-state index contributed by atoms with van der Waals surface area (Å²) in [6.07, 6.45) is 0. The number of hydrogen-bond acceptors (Lipinski definition) is 2. The highest BCUT2D eigenvalue weighted by molar-refractivity contribution is 5.56. The quantitative estimate of drug-likeness (QED) is 0.733. The van der Waals surface area contributed by atoms with Gasteiger partial charge in [0.2, 0.25) is 0 Å². The van der Waals surface area contributed by atoms with E-state index in [1.807, 2.05) is 18.2 Å². The lowest BCUT2D eigenvalue weighted by Gasteiger charge is -2.15. The molecule has 0 fully saturated rings. The van der Waals surface area contributed by atoms with Gasteiger partial charge in [0.25, 0.3) is 0 Å². The van der Waals surface area contributed by atoms with Crippen LogP contribution in [0.15, 0.2) is 48.5 Å². The average Bonchev–Trinajstić information content (AvgIpc) is 2.52. The molecule has 2 aromatic carbocycles. The second kappa shape index (κ2) is 7.88. The van der Waals surface area contributed by atoms with Crippen LogP contribution in [0.4, 0.5) is 5.69 Å². The molecule has 1 N–H and O–H groups in total. The maximum Gasteiger partial charge on any atom is 0.142 e. The normalized spacial score (nSPS) is 11.0. The molecular formula is C20H27NO. The Kier molecular flexibility index (Phi) is 5.88. The molecule has 0 atom stereocenters. The summed E-state index contributed by atoms with van der Waals surface area (Å²) in [7, 11) is 0. The summed E-state index contributed by atoms with van der Waals surface area (Å²) >= 11 is 0. The van der Waals surface area contributed by atoms with Gasteiger partial charge in [-0.25, -0.2) is 0 Å². The highest BCUT2D eigenvalue weighted by Crippen LogP contribution is 2.25. The van der Waals surface area contributed by atoms with Gasteiger partial charge in [-0.15, -0.1) is 0 Å². The zero-order valence-electron chi connectivity index (χ0n) is 14.1. The van der Waals surface area contributed by atoms with E-state index in [4.69, 9.17) is 4.74 Å². The van der Waals surface area contributed by atoms with E-state index in [0.717, 1.165) is 24.6 Å². The lowest BCUT2D eigenvalue weighted by molar-refractivity contribution is 0.272. The van der Waals surface area contributed by atoms with Gasteiger partial charge in [-0.05, 0) is 35.1 Å². The van der Waals surface area contributed by atoms with E-state index in [0.29, 0.717) is 11.8 Å². The molecule has 0 spiro atoms. The van der Waals surface area contributed by atoms with Crippen LogP contribution in [0.3, 0.4) is 0 Å². The van der Waals surface area contributed by atoms with Crippen LogP contribution in [0.2, 0.25) is 0 Å². The van der Waals surface area contributed by atoms with Gasteiger partial charge in [-0.1, -0.05) is 64.1 Å². The number of anilines is 1. The molecule has 0 bridgehead atoms. The van der Waals surface area contributed by atoms with Gasteiger partial charge in [0.15, 0.2) is 0 Å². The highest BCUT2D eigenvalue weighted by Gasteiger charge is 2.04. The van der Waals surface area contributed by atoms with Crippen LogP contribution in [0.5, 0.6) is 5.75 Å². The second-order valence-corrected chi connectivity index (χ2v) is 6.45. The smallest absolute Gasteiger partial charge is 0.142 e. The molecule has 118 valence electrons. The van der Waals surface area contributed by atoms with E-state index in [-0.39, 0.29) is 0 Å². The lowest BCUT2D eigenvalue weighted by Crippen LogP contribution is -2.07. The van der Waals surface area contributed by atoms with Crippen molar-refractivity contribution in [3.63, 3.8) is 0 Å². The Morgan fingerprint density at radius 1 is 0.909 bits per heavy atom. The fraction of sp³-hybridized carbons (Fsp3) is 0.400. The van der Waals surface area contributed by atoms with Gasteiger partial charge in [0.05, 0.1) is 12.3 Å². The van der Waals surface area contributed by atoms with E-state index >= 15 is 0 Å². The van der Waals surface area contributed by atoms with Crippen LogP contribution in [0, 0.1) is 5.92 Å². The molecule has 0 aliphatic heterocycles. The molecule has 22 heavy (non-hydrogen) atoms. The fourth-order valence-electron chi connectivity index (χ4n) is 2.21. The molecule has 2 aromatic rings. The summed E-state index contributed by atoms with van der Waals surface area (Å²) in [5, 5.41) is 3.48. The number of rotatable bonds is 7. The average molecular weight is 297 g/mol. The van der Waals surface area contributed by atoms with Crippen LogP contribution in [-0.2, 0) is 6.54 Å². The van der Waals surface area contributed by atoms with E-state index < -0.39 is 0 Å². The predicted molar refractivity (Wildman–Crippen MR) is 94.6 cm³/mol. The maximum absolute atomic E-state index is 5.88. The zero-order chi connectivity index (χ0) is 15.9. The number of ether oxygens (including phenoxy) is 1. The molecule has 0 amide bonds. The fourth-order valence-corrected chi connectivity index (χ4v) is 2.21. The third-order valence-electron chi connectivity index (χ3n) is 3.59. The molecule has 0 unspecified atom stereocenters. The van der Waals surface area contributed by atoms with Crippen molar-refractivity contribution >= 4 is 5.69 Å². The van der Waals surface area contributed by atoms with Crippen molar-refractivity contribution in [3.8, 4) is 5.75 Å². The first-order chi connectivity index (χ1) is 10.6. The molecule has 0 aliphatic carbocycles. The topological polar surface area (TPSA) is 21.3 Å². The molecule has 0 heterocycles. The number of para-hydroxylation sites is 2. The van der Waals surface area contributed by atoms with Crippen LogP contribution >= 0.6 is 0 Å². The number of benzene rings is 2. The second-order valence-electron chi connectivity index (χ2n) is 6.45. The summed E-state index contributed by atoms with van der Waals surface area (Å²) in [5.74, 6) is 2.03. The molecular weight excluding hydrogens is 270 g/mol. The van der Waals surface area contributed by atoms with Gasteiger partial charge in [0, 0.05) is 6.54 Å². The van der Waals surface area contributed by atoms with Crippen molar-refractivity contribution in [2.24, 2.45) is 5.92 Å². The molecule has 2 nitrogen and oxygen atoms in total. The Bertz CT molecular complexity index is 573. The lowest BCUT2D eigenvalue weighted by atomic mass is 10.0. The molecule has 2 rings (SSSR count). The van der Waals surface area contributed by atoms with E-state index in [2.05, 4.69) is 63.3 Å². The van der Waals surface area contributed by atoms with Crippen LogP contribution in [-0.4, -0.2) is 6.61 Å². The summed E-state index contributed by atoms with van der Waals surface area (Å²) in [4.78, 5) is 0. The van der Waals surface area contributed by atoms with Crippen molar-refractivity contribution in [1.82, 2.24) is 0 Å². The first-order valence-corrected chi connectivity index (χ1v) is 8.10. The Morgan fingerprint density at radius 3 is 2.23 bits per heavy atom. The predicted octanol–water partition coefficient (Wildman–Crippen LogP) is 5.46. The highest BCUT2D eigenvalue weighted by atomic mass is 16.5. The van der Waals surface area contributed by atoms with Gasteiger partial charge in [-0.2, -0.15) is 0 Å². The third kappa shape index (κ3) is 4.80. The van der Waals surface area contributed by atoms with Gasteiger partial charge in [0.1, 0.15) is 5.75 Å². The SMILES string of the molecule is CC(C)COc1ccccc1NCc1ccc(C(C)C)cc1. The van der Waals surface area contributed by atoms with Crippen LogP contribution in [0.1, 0.15) is 44.7 Å². The molecule has 0 saturated carbocycles. The van der Waals surface area contributed by atoms with Crippen LogP contribution in [0.25, 0.3) is 0 Å². The van der Waals surface area contributed by atoms with Crippen molar-refractivity contribution < 1.29 is 4.74 Å². The van der Waals surface area contributed by atoms with Crippen LogP contribution < -0.4 is 10.1 Å². The minimum Gasteiger partial charge on any atom is -0.491 e. The summed E-state index contributed by atoms with van der Waals surface area (Å²) in [6.45, 7) is 10.3. The zero-order valence-corrected chi connectivity index (χ0v) is 14.1. The summed E-state index contributed by atoms with van der Waals surface area (Å²) < 4.78 is 5.88. The Hall–Kier alpha value is -1.96. The molecule has 0 aliphatic rings. The monoisotopic (exact) mass is 297 g/mol. The van der Waals surface area contributed by atoms with Crippen molar-refractivity contribution in [1.29, 1.82) is 0 Å². The summed E-state index contributed by atoms with van der Waals surface area (Å²) in [6, 6.07) is 16.9. The standard InChI is InChI=1S/C20H27NO/c1-15(2)14-22-20-8-6-5-7-19(20)21-13-17-9-11-18(12-10-17)16(3)4/h5-12,15-16,21H,13-14H2,1-4H3. The summed E-state index contributed by atoms with van der Waals surface area (Å²) in [5.41, 5.74) is 3.71. The molecule has 0 radical (unpaired) electrons. The van der Waals surface area contributed by atoms with Crippen molar-refractivity contribution in [2.45, 2.75) is 40.2 Å². The minimum atomic E-state index is 0.525.